The second-order valence-corrected chi connectivity index (χ2v) is 4.42. The lowest BCUT2D eigenvalue weighted by Crippen LogP contribution is -2.43. The zero-order valence-electron chi connectivity index (χ0n) is 10.8. The first-order valence-electron chi connectivity index (χ1n) is 6.00. The maximum atomic E-state index is 12.0. The van der Waals surface area contributed by atoms with Crippen molar-refractivity contribution in [1.29, 1.82) is 0 Å². The van der Waals surface area contributed by atoms with Gasteiger partial charge in [-0.05, 0) is 6.07 Å². The van der Waals surface area contributed by atoms with Gasteiger partial charge in [-0.25, -0.2) is 14.6 Å². The van der Waals surface area contributed by atoms with Gasteiger partial charge in [-0.2, -0.15) is 0 Å². The summed E-state index contributed by atoms with van der Waals surface area (Å²) in [4.78, 5) is 28.1. The van der Waals surface area contributed by atoms with Crippen molar-refractivity contribution in [3.63, 3.8) is 0 Å². The Hall–Kier alpha value is -2.35. The third-order valence-electron chi connectivity index (χ3n) is 3.02. The molecule has 0 bridgehead atoms. The van der Waals surface area contributed by atoms with Crippen LogP contribution in [0.3, 0.4) is 0 Å². The lowest BCUT2D eigenvalue weighted by atomic mass is 10.2. The Morgan fingerprint density at radius 1 is 1.50 bits per heavy atom. The second kappa shape index (κ2) is 5.74. The fourth-order valence-electron chi connectivity index (χ4n) is 2.04. The number of pyridine rings is 1. The normalized spacial score (nSPS) is 21.6. The predicted octanol–water partition coefficient (Wildman–Crippen LogP) is 0.142. The number of urea groups is 1. The molecule has 1 fully saturated rings. The van der Waals surface area contributed by atoms with Gasteiger partial charge in [0.05, 0.1) is 25.1 Å². The molecule has 8 nitrogen and oxygen atoms in total. The number of carbonyl (C=O) groups excluding carboxylic acids is 1. The number of rotatable bonds is 3. The molecular formula is C12H15N3O5. The van der Waals surface area contributed by atoms with Gasteiger partial charge in [0.25, 0.3) is 0 Å². The van der Waals surface area contributed by atoms with Crippen molar-refractivity contribution in [1.82, 2.24) is 9.88 Å². The van der Waals surface area contributed by atoms with Crippen LogP contribution in [0.15, 0.2) is 18.3 Å². The van der Waals surface area contributed by atoms with Crippen molar-refractivity contribution < 1.29 is 24.5 Å². The number of nitrogens with one attached hydrogen (secondary N) is 1. The monoisotopic (exact) mass is 281 g/mol. The number of carboxylic acid groups (broad SMARTS) is 1. The Labute approximate surface area is 115 Å². The average Bonchev–Trinajstić information content (AvgIpc) is 2.82. The first kappa shape index (κ1) is 14.1. The van der Waals surface area contributed by atoms with Crippen LogP contribution in [0, 0.1) is 0 Å². The van der Waals surface area contributed by atoms with Crippen LogP contribution in [-0.4, -0.2) is 57.9 Å². The van der Waals surface area contributed by atoms with Crippen LogP contribution < -0.4 is 10.1 Å². The van der Waals surface area contributed by atoms with Gasteiger partial charge in [-0.15, -0.1) is 0 Å². The Kier molecular flexibility index (Phi) is 4.04. The number of hydrogen-bond donors (Lipinski definition) is 3. The van der Waals surface area contributed by atoms with Crippen LogP contribution in [0.4, 0.5) is 10.5 Å². The number of likely N-dealkylation sites (tertiary alicyclic amines) is 1. The second-order valence-electron chi connectivity index (χ2n) is 4.42. The molecule has 0 saturated carbocycles. The quantitative estimate of drug-likeness (QED) is 0.726. The molecule has 1 saturated heterocycles. The summed E-state index contributed by atoms with van der Waals surface area (Å²) in [5, 5.41) is 21.0. The molecule has 1 aliphatic rings. The molecule has 108 valence electrons. The number of nitrogens with zero attached hydrogens (tertiary/aromatic N) is 2. The van der Waals surface area contributed by atoms with Gasteiger partial charge >= 0.3 is 12.0 Å². The molecule has 0 unspecified atom stereocenters. The van der Waals surface area contributed by atoms with Crippen molar-refractivity contribution in [2.24, 2.45) is 0 Å². The van der Waals surface area contributed by atoms with Crippen LogP contribution in [0.25, 0.3) is 0 Å². The number of carbonyl (C=O) groups is 2. The summed E-state index contributed by atoms with van der Waals surface area (Å²) in [5.41, 5.74) is 0.418. The molecule has 2 heterocycles. The Balaban J connectivity index is 2.04. The molecule has 1 aliphatic heterocycles. The van der Waals surface area contributed by atoms with E-state index in [1.165, 1.54) is 13.3 Å². The molecule has 8 heteroatoms. The van der Waals surface area contributed by atoms with Gasteiger partial charge in [0.2, 0.25) is 5.88 Å². The minimum atomic E-state index is -1.13. The fraction of sp³-hybridized carbons (Fsp3) is 0.417. The van der Waals surface area contributed by atoms with Crippen molar-refractivity contribution in [3.05, 3.63) is 18.3 Å². The van der Waals surface area contributed by atoms with E-state index in [0.717, 1.165) is 4.90 Å². The molecule has 0 aliphatic carbocycles. The molecule has 3 N–H and O–H groups in total. The highest BCUT2D eigenvalue weighted by atomic mass is 16.5. The molecule has 1 aromatic heterocycles. The minimum Gasteiger partial charge on any atom is -0.481 e. The van der Waals surface area contributed by atoms with Gasteiger partial charge in [0.15, 0.2) is 0 Å². The predicted molar refractivity (Wildman–Crippen MR) is 68.6 cm³/mol. The molecule has 2 amide bonds. The minimum absolute atomic E-state index is 0.00756. The number of β-amino-alcohol motifs (C(OH)–C–C–N with tert-alkyl or cyclic N) is 1. The highest BCUT2D eigenvalue weighted by Gasteiger charge is 2.38. The fourth-order valence-corrected chi connectivity index (χ4v) is 2.04. The summed E-state index contributed by atoms with van der Waals surface area (Å²) in [6.07, 6.45) is 0.610. The number of amides is 2. The summed E-state index contributed by atoms with van der Waals surface area (Å²) < 4.78 is 4.89. The number of aliphatic carboxylic acids is 1. The van der Waals surface area contributed by atoms with Crippen LogP contribution >= 0.6 is 0 Å². The third kappa shape index (κ3) is 2.97. The van der Waals surface area contributed by atoms with Crippen LogP contribution in [0.5, 0.6) is 5.88 Å². The molecule has 0 spiro atoms. The van der Waals surface area contributed by atoms with E-state index in [2.05, 4.69) is 10.3 Å². The number of anilines is 1. The smallest absolute Gasteiger partial charge is 0.326 e. The van der Waals surface area contributed by atoms with Crippen molar-refractivity contribution in [2.45, 2.75) is 18.6 Å². The number of aliphatic hydroxyl groups excluding tert-OH is 1. The number of ether oxygens (including phenoxy) is 1. The van der Waals surface area contributed by atoms with E-state index in [1.54, 1.807) is 12.1 Å². The largest absolute Gasteiger partial charge is 0.481 e. The lowest BCUT2D eigenvalue weighted by molar-refractivity contribution is -0.141. The average molecular weight is 281 g/mol. The number of aromatic nitrogens is 1. The van der Waals surface area contributed by atoms with E-state index in [4.69, 9.17) is 9.84 Å². The standard InChI is InChI=1S/C12H15N3O5/c1-20-10-3-2-7(5-13-10)14-12(19)15-6-8(16)4-9(15)11(17)18/h2-3,5,8-9,16H,4,6H2,1H3,(H,14,19)(H,17,18)/t8-,9-/m0/s1. The van der Waals surface area contributed by atoms with Crippen LogP contribution in [0.2, 0.25) is 0 Å². The number of carboxylic acids is 1. The zero-order chi connectivity index (χ0) is 14.7. The first-order valence-corrected chi connectivity index (χ1v) is 6.00. The molecule has 0 aromatic carbocycles. The summed E-state index contributed by atoms with van der Waals surface area (Å²) in [6.45, 7) is -0.00756. The number of aliphatic hydroxyl groups is 1. The van der Waals surface area contributed by atoms with Crippen molar-refractivity contribution in [2.75, 3.05) is 19.0 Å². The van der Waals surface area contributed by atoms with Crippen molar-refractivity contribution >= 4 is 17.7 Å². The Morgan fingerprint density at radius 3 is 2.80 bits per heavy atom. The number of hydrogen-bond acceptors (Lipinski definition) is 5. The van der Waals surface area contributed by atoms with E-state index in [9.17, 15) is 14.7 Å². The van der Waals surface area contributed by atoms with Gasteiger partial charge in [-0.1, -0.05) is 0 Å². The Bertz CT molecular complexity index is 504. The SMILES string of the molecule is COc1ccc(NC(=O)N2C[C@@H](O)C[C@H]2C(=O)O)cn1. The van der Waals surface area contributed by atoms with Gasteiger partial charge in [0, 0.05) is 19.0 Å². The van der Waals surface area contributed by atoms with E-state index >= 15 is 0 Å². The van der Waals surface area contributed by atoms with Crippen LogP contribution in [0.1, 0.15) is 6.42 Å². The summed E-state index contributed by atoms with van der Waals surface area (Å²) >= 11 is 0. The van der Waals surface area contributed by atoms with E-state index in [1.807, 2.05) is 0 Å². The molecule has 1 aromatic rings. The maximum Gasteiger partial charge on any atom is 0.326 e. The van der Waals surface area contributed by atoms with E-state index < -0.39 is 24.1 Å². The summed E-state index contributed by atoms with van der Waals surface area (Å²) in [7, 11) is 1.48. The lowest BCUT2D eigenvalue weighted by Gasteiger charge is -2.21. The molecule has 2 rings (SSSR count). The first-order chi connectivity index (χ1) is 9.51. The molecular weight excluding hydrogens is 266 g/mol. The van der Waals surface area contributed by atoms with Crippen LogP contribution in [-0.2, 0) is 4.79 Å². The molecule has 2 atom stereocenters. The third-order valence-corrected chi connectivity index (χ3v) is 3.02. The van der Waals surface area contributed by atoms with Crippen molar-refractivity contribution in [3.8, 4) is 5.88 Å². The zero-order valence-corrected chi connectivity index (χ0v) is 10.8. The molecule has 0 radical (unpaired) electrons. The summed E-state index contributed by atoms with van der Waals surface area (Å²) in [6, 6.07) is 1.56. The van der Waals surface area contributed by atoms with Gasteiger partial charge in [-0.3, -0.25) is 0 Å². The van der Waals surface area contributed by atoms with E-state index in [-0.39, 0.29) is 13.0 Å². The van der Waals surface area contributed by atoms with Gasteiger partial charge < -0.3 is 25.2 Å². The topological polar surface area (TPSA) is 112 Å². The Morgan fingerprint density at radius 2 is 2.25 bits per heavy atom. The highest BCUT2D eigenvalue weighted by molar-refractivity contribution is 5.92. The van der Waals surface area contributed by atoms with E-state index in [0.29, 0.717) is 11.6 Å². The highest BCUT2D eigenvalue weighted by Crippen LogP contribution is 2.20. The number of methoxy groups -OCH3 is 1. The maximum absolute atomic E-state index is 12.0. The van der Waals surface area contributed by atoms with Gasteiger partial charge in [0.1, 0.15) is 6.04 Å². The summed E-state index contributed by atoms with van der Waals surface area (Å²) in [5.74, 6) is -0.729. The molecule has 20 heavy (non-hydrogen) atoms.